The molecule has 4 rings (SSSR count). The molecule has 0 aromatic heterocycles. The molecular weight excluding hydrogens is 470 g/mol. The molecule has 7 nitrogen and oxygen atoms in total. The van der Waals surface area contributed by atoms with Crippen molar-refractivity contribution in [2.45, 2.75) is 58.0 Å². The predicted molar refractivity (Wildman–Crippen MR) is 141 cm³/mol. The van der Waals surface area contributed by atoms with Crippen LogP contribution in [0.25, 0.3) is 0 Å². The van der Waals surface area contributed by atoms with Gasteiger partial charge in [0, 0.05) is 29.0 Å². The summed E-state index contributed by atoms with van der Waals surface area (Å²) in [6.45, 7) is 5.70. The topological polar surface area (TPSA) is 83.1 Å². The Labute approximate surface area is 218 Å². The van der Waals surface area contributed by atoms with Gasteiger partial charge in [-0.3, -0.25) is 4.79 Å². The van der Waals surface area contributed by atoms with Crippen molar-refractivity contribution in [2.75, 3.05) is 21.3 Å². The SMILES string of the molecule is CCC(C)OC(=O)C1=C(C)NC2=C(C(=O)CC(c3ccc(OC)c(OC)c3)C2)C1c1ccccc1OC. The zero-order chi connectivity index (χ0) is 26.7. The highest BCUT2D eigenvalue weighted by Crippen LogP contribution is 2.48. The summed E-state index contributed by atoms with van der Waals surface area (Å²) in [5, 5.41) is 3.40. The molecule has 2 aromatic rings. The summed E-state index contributed by atoms with van der Waals surface area (Å²) in [5.74, 6) is 0.839. The van der Waals surface area contributed by atoms with Gasteiger partial charge in [0.2, 0.25) is 0 Å². The Bertz CT molecular complexity index is 1260. The highest BCUT2D eigenvalue weighted by molar-refractivity contribution is 6.04. The molecule has 37 heavy (non-hydrogen) atoms. The number of hydrogen-bond acceptors (Lipinski definition) is 7. The normalized spacial score (nSPS) is 20.1. The molecule has 0 saturated heterocycles. The number of para-hydroxylation sites is 1. The van der Waals surface area contributed by atoms with Crippen LogP contribution in [-0.4, -0.2) is 39.2 Å². The first-order valence-corrected chi connectivity index (χ1v) is 12.6. The minimum absolute atomic E-state index is 0.00854. The Morgan fingerprint density at radius 3 is 2.38 bits per heavy atom. The van der Waals surface area contributed by atoms with E-state index in [2.05, 4.69) is 5.32 Å². The summed E-state index contributed by atoms with van der Waals surface area (Å²) in [4.78, 5) is 27.3. The molecule has 2 aliphatic rings. The smallest absolute Gasteiger partial charge is 0.337 e. The van der Waals surface area contributed by atoms with Crippen LogP contribution in [-0.2, 0) is 14.3 Å². The van der Waals surface area contributed by atoms with Crippen LogP contribution in [0.1, 0.15) is 63.0 Å². The van der Waals surface area contributed by atoms with Crippen molar-refractivity contribution in [1.29, 1.82) is 0 Å². The molecule has 1 aliphatic heterocycles. The molecule has 1 aliphatic carbocycles. The Balaban J connectivity index is 1.79. The van der Waals surface area contributed by atoms with Gasteiger partial charge in [0.05, 0.1) is 38.9 Å². The number of carbonyl (C=O) groups excluding carboxylic acids is 2. The van der Waals surface area contributed by atoms with E-state index in [0.717, 1.165) is 16.8 Å². The van der Waals surface area contributed by atoms with Crippen molar-refractivity contribution in [3.05, 3.63) is 76.1 Å². The summed E-state index contributed by atoms with van der Waals surface area (Å²) in [6, 6.07) is 13.3. The third kappa shape index (κ3) is 5.08. The number of carbonyl (C=O) groups is 2. The number of dihydropyridines is 1. The molecule has 0 spiro atoms. The minimum Gasteiger partial charge on any atom is -0.496 e. The molecule has 0 bridgehead atoms. The molecule has 1 N–H and O–H groups in total. The molecular formula is C30H35NO6. The van der Waals surface area contributed by atoms with E-state index in [-0.39, 0.29) is 17.8 Å². The number of methoxy groups -OCH3 is 3. The zero-order valence-electron chi connectivity index (χ0n) is 22.3. The lowest BCUT2D eigenvalue weighted by molar-refractivity contribution is -0.144. The second-order valence-electron chi connectivity index (χ2n) is 9.50. The molecule has 0 saturated carbocycles. The largest absolute Gasteiger partial charge is 0.496 e. The van der Waals surface area contributed by atoms with E-state index in [0.29, 0.717) is 53.4 Å². The average molecular weight is 506 g/mol. The molecule has 3 atom stereocenters. The standard InChI is InChI=1S/C30H35NO6/c1-7-17(2)37-30(33)27-18(3)31-22-14-20(19-12-13-25(35-5)26(16-19)36-6)15-23(32)29(22)28(27)21-10-8-9-11-24(21)34-4/h8-13,16-17,20,28,31H,7,14-15H2,1-6H3. The van der Waals surface area contributed by atoms with Crippen molar-refractivity contribution >= 4 is 11.8 Å². The predicted octanol–water partition coefficient (Wildman–Crippen LogP) is 5.42. The number of ketones is 1. The van der Waals surface area contributed by atoms with Crippen LogP contribution in [0.5, 0.6) is 17.2 Å². The Kier molecular flexibility index (Phi) is 7.91. The lowest BCUT2D eigenvalue weighted by Gasteiger charge is -2.37. The van der Waals surface area contributed by atoms with Gasteiger partial charge in [0.1, 0.15) is 5.75 Å². The zero-order valence-corrected chi connectivity index (χ0v) is 22.3. The summed E-state index contributed by atoms with van der Waals surface area (Å²) < 4.78 is 22.3. The number of nitrogens with one attached hydrogen (secondary N) is 1. The van der Waals surface area contributed by atoms with Gasteiger partial charge in [-0.2, -0.15) is 0 Å². The van der Waals surface area contributed by atoms with E-state index < -0.39 is 11.9 Å². The van der Waals surface area contributed by atoms with Crippen molar-refractivity contribution in [3.63, 3.8) is 0 Å². The van der Waals surface area contributed by atoms with Crippen LogP contribution < -0.4 is 19.5 Å². The van der Waals surface area contributed by atoms with E-state index >= 15 is 0 Å². The number of hydrogen-bond donors (Lipinski definition) is 1. The maximum atomic E-state index is 13.9. The molecule has 7 heteroatoms. The Morgan fingerprint density at radius 1 is 1.00 bits per heavy atom. The Morgan fingerprint density at radius 2 is 1.70 bits per heavy atom. The van der Waals surface area contributed by atoms with Gasteiger partial charge in [0.25, 0.3) is 0 Å². The number of benzene rings is 2. The third-order valence-electron chi connectivity index (χ3n) is 7.26. The molecule has 0 amide bonds. The van der Waals surface area contributed by atoms with Crippen LogP contribution in [0.2, 0.25) is 0 Å². The second kappa shape index (κ2) is 11.1. The van der Waals surface area contributed by atoms with Crippen molar-refractivity contribution < 1.29 is 28.5 Å². The highest BCUT2D eigenvalue weighted by atomic mass is 16.5. The van der Waals surface area contributed by atoms with E-state index in [9.17, 15) is 9.59 Å². The van der Waals surface area contributed by atoms with Gasteiger partial charge in [-0.15, -0.1) is 0 Å². The fourth-order valence-corrected chi connectivity index (χ4v) is 5.20. The highest BCUT2D eigenvalue weighted by Gasteiger charge is 2.42. The van der Waals surface area contributed by atoms with Crippen LogP contribution in [0.3, 0.4) is 0 Å². The van der Waals surface area contributed by atoms with E-state index in [1.807, 2.05) is 63.2 Å². The molecule has 1 heterocycles. The molecule has 2 aromatic carbocycles. The Hall–Kier alpha value is -3.74. The van der Waals surface area contributed by atoms with Gasteiger partial charge in [-0.1, -0.05) is 31.2 Å². The average Bonchev–Trinajstić information content (AvgIpc) is 2.91. The quantitative estimate of drug-likeness (QED) is 0.480. The number of allylic oxidation sites excluding steroid dienone is 3. The number of rotatable bonds is 8. The molecule has 0 radical (unpaired) electrons. The molecule has 196 valence electrons. The lowest BCUT2D eigenvalue weighted by Crippen LogP contribution is -2.36. The fraction of sp³-hybridized carbons (Fsp3) is 0.400. The summed E-state index contributed by atoms with van der Waals surface area (Å²) in [6.07, 6.45) is 1.39. The maximum Gasteiger partial charge on any atom is 0.337 e. The van der Waals surface area contributed by atoms with Gasteiger partial charge in [-0.05, 0) is 56.4 Å². The third-order valence-corrected chi connectivity index (χ3v) is 7.26. The van der Waals surface area contributed by atoms with Gasteiger partial charge in [-0.25, -0.2) is 4.79 Å². The molecule has 0 fully saturated rings. The van der Waals surface area contributed by atoms with E-state index in [4.69, 9.17) is 18.9 Å². The first-order chi connectivity index (χ1) is 17.8. The van der Waals surface area contributed by atoms with Crippen molar-refractivity contribution in [3.8, 4) is 17.2 Å². The fourth-order valence-electron chi connectivity index (χ4n) is 5.20. The summed E-state index contributed by atoms with van der Waals surface area (Å²) in [5.41, 5.74) is 4.32. The second-order valence-corrected chi connectivity index (χ2v) is 9.50. The lowest BCUT2D eigenvalue weighted by atomic mass is 9.71. The first kappa shape index (κ1) is 26.3. The number of esters is 1. The van der Waals surface area contributed by atoms with Gasteiger partial charge in [0.15, 0.2) is 17.3 Å². The maximum absolute atomic E-state index is 13.9. The number of Topliss-reactive ketones (excluding diaryl/α,β-unsaturated/α-hetero) is 1. The van der Waals surface area contributed by atoms with Crippen molar-refractivity contribution in [2.24, 2.45) is 0 Å². The van der Waals surface area contributed by atoms with Crippen LogP contribution in [0, 0.1) is 0 Å². The minimum atomic E-state index is -0.581. The van der Waals surface area contributed by atoms with E-state index in [1.165, 1.54) is 0 Å². The summed E-state index contributed by atoms with van der Waals surface area (Å²) >= 11 is 0. The monoisotopic (exact) mass is 505 g/mol. The van der Waals surface area contributed by atoms with Crippen LogP contribution in [0.15, 0.2) is 65.0 Å². The first-order valence-electron chi connectivity index (χ1n) is 12.6. The summed E-state index contributed by atoms with van der Waals surface area (Å²) in [7, 11) is 4.79. The van der Waals surface area contributed by atoms with Gasteiger partial charge < -0.3 is 24.3 Å². The number of ether oxygens (including phenoxy) is 4. The van der Waals surface area contributed by atoms with Crippen LogP contribution >= 0.6 is 0 Å². The van der Waals surface area contributed by atoms with Gasteiger partial charge >= 0.3 is 5.97 Å². The van der Waals surface area contributed by atoms with Crippen LogP contribution in [0.4, 0.5) is 0 Å². The molecule has 3 unspecified atom stereocenters. The van der Waals surface area contributed by atoms with E-state index in [1.54, 1.807) is 21.3 Å². The van der Waals surface area contributed by atoms with Crippen molar-refractivity contribution in [1.82, 2.24) is 5.32 Å².